The molecule has 0 unspecified atom stereocenters. The number of benzene rings is 1. The maximum atomic E-state index is 3.56. The number of nitrogens with zero attached hydrogens (tertiary/aromatic N) is 1. The molecule has 1 saturated heterocycles. The van der Waals surface area contributed by atoms with E-state index in [0.29, 0.717) is 5.92 Å². The Morgan fingerprint density at radius 3 is 2.40 bits per heavy atom. The lowest BCUT2D eigenvalue weighted by molar-refractivity contribution is 0.225. The summed E-state index contributed by atoms with van der Waals surface area (Å²) in [6.07, 6.45) is 5.50. The highest BCUT2D eigenvalue weighted by atomic mass is 15.1. The molecular formula is C18H30N2. The van der Waals surface area contributed by atoms with Crippen LogP contribution in [-0.2, 0) is 6.54 Å². The van der Waals surface area contributed by atoms with Crippen molar-refractivity contribution in [2.24, 2.45) is 0 Å². The molecule has 1 aromatic carbocycles. The molecule has 20 heavy (non-hydrogen) atoms. The first-order valence-electron chi connectivity index (χ1n) is 8.27. The average molecular weight is 274 g/mol. The molecule has 0 aromatic heterocycles. The van der Waals surface area contributed by atoms with Gasteiger partial charge in [0.2, 0.25) is 0 Å². The second kappa shape index (κ2) is 8.43. The quantitative estimate of drug-likeness (QED) is 0.761. The topological polar surface area (TPSA) is 15.3 Å². The molecule has 1 aliphatic heterocycles. The van der Waals surface area contributed by atoms with Gasteiger partial charge in [0.25, 0.3) is 0 Å². The Balaban J connectivity index is 1.58. The van der Waals surface area contributed by atoms with Crippen LogP contribution >= 0.6 is 0 Å². The van der Waals surface area contributed by atoms with Gasteiger partial charge in [-0.05, 0) is 62.5 Å². The molecule has 0 bridgehead atoms. The van der Waals surface area contributed by atoms with Crippen LogP contribution < -0.4 is 5.32 Å². The van der Waals surface area contributed by atoms with Crippen LogP contribution in [-0.4, -0.2) is 31.1 Å². The van der Waals surface area contributed by atoms with Crippen LogP contribution in [0, 0.1) is 0 Å². The van der Waals surface area contributed by atoms with Crippen molar-refractivity contribution in [1.29, 1.82) is 0 Å². The third-order valence-corrected chi connectivity index (χ3v) is 4.25. The van der Waals surface area contributed by atoms with E-state index in [-0.39, 0.29) is 0 Å². The number of likely N-dealkylation sites (tertiary alicyclic amines) is 1. The molecule has 0 radical (unpaired) electrons. The minimum atomic E-state index is 0.626. The van der Waals surface area contributed by atoms with Gasteiger partial charge >= 0.3 is 0 Å². The molecule has 1 fully saturated rings. The Bertz CT molecular complexity index is 364. The van der Waals surface area contributed by atoms with Gasteiger partial charge in [-0.25, -0.2) is 0 Å². The van der Waals surface area contributed by atoms with Crippen LogP contribution in [0.2, 0.25) is 0 Å². The lowest BCUT2D eigenvalue weighted by atomic mass is 10.0. The number of hydrogen-bond donors (Lipinski definition) is 1. The van der Waals surface area contributed by atoms with Gasteiger partial charge in [-0.3, -0.25) is 0 Å². The van der Waals surface area contributed by atoms with E-state index in [9.17, 15) is 0 Å². The predicted molar refractivity (Wildman–Crippen MR) is 87.1 cm³/mol. The average Bonchev–Trinajstić information content (AvgIpc) is 2.48. The van der Waals surface area contributed by atoms with Gasteiger partial charge in [0.1, 0.15) is 0 Å². The van der Waals surface area contributed by atoms with E-state index in [1.54, 1.807) is 0 Å². The molecule has 0 spiro atoms. The predicted octanol–water partition coefficient (Wildman–Crippen LogP) is 3.78. The standard InChI is InChI=1S/C18H30N2/c1-16(2)18-9-7-17(8-10-18)15-19-11-6-14-20-12-4-3-5-13-20/h7-10,16,19H,3-6,11-15H2,1-2H3. The summed E-state index contributed by atoms with van der Waals surface area (Å²) < 4.78 is 0. The highest BCUT2D eigenvalue weighted by molar-refractivity contribution is 5.24. The fraction of sp³-hybridized carbons (Fsp3) is 0.667. The van der Waals surface area contributed by atoms with Gasteiger partial charge in [0.15, 0.2) is 0 Å². The number of hydrogen-bond acceptors (Lipinski definition) is 2. The molecule has 2 rings (SSSR count). The Hall–Kier alpha value is -0.860. The maximum Gasteiger partial charge on any atom is 0.0205 e. The van der Waals surface area contributed by atoms with Crippen molar-refractivity contribution in [3.05, 3.63) is 35.4 Å². The molecule has 112 valence electrons. The number of piperidine rings is 1. The van der Waals surface area contributed by atoms with Crippen molar-refractivity contribution in [2.75, 3.05) is 26.2 Å². The first kappa shape index (κ1) is 15.5. The Morgan fingerprint density at radius 1 is 1.05 bits per heavy atom. The Labute approximate surface area is 124 Å². The molecular weight excluding hydrogens is 244 g/mol. The van der Waals surface area contributed by atoms with Gasteiger partial charge in [-0.2, -0.15) is 0 Å². The highest BCUT2D eigenvalue weighted by Gasteiger charge is 2.08. The molecule has 1 N–H and O–H groups in total. The van der Waals surface area contributed by atoms with Crippen molar-refractivity contribution in [2.45, 2.75) is 52.0 Å². The molecule has 1 heterocycles. The van der Waals surface area contributed by atoms with Gasteiger partial charge in [-0.15, -0.1) is 0 Å². The van der Waals surface area contributed by atoms with Crippen LogP contribution in [0.4, 0.5) is 0 Å². The summed E-state index contributed by atoms with van der Waals surface area (Å²) in [4.78, 5) is 2.61. The first-order chi connectivity index (χ1) is 9.75. The van der Waals surface area contributed by atoms with Crippen molar-refractivity contribution in [3.63, 3.8) is 0 Å². The zero-order chi connectivity index (χ0) is 14.2. The molecule has 1 aliphatic rings. The van der Waals surface area contributed by atoms with Crippen molar-refractivity contribution in [3.8, 4) is 0 Å². The molecule has 0 saturated carbocycles. The Kier molecular flexibility index (Phi) is 6.55. The zero-order valence-electron chi connectivity index (χ0n) is 13.2. The fourth-order valence-corrected chi connectivity index (χ4v) is 2.86. The SMILES string of the molecule is CC(C)c1ccc(CNCCCN2CCCCC2)cc1. The van der Waals surface area contributed by atoms with Crippen LogP contribution in [0.3, 0.4) is 0 Å². The van der Waals surface area contributed by atoms with Crippen LogP contribution in [0.1, 0.15) is 56.6 Å². The third-order valence-electron chi connectivity index (χ3n) is 4.25. The van der Waals surface area contributed by atoms with E-state index in [1.165, 1.54) is 56.4 Å². The lowest BCUT2D eigenvalue weighted by Gasteiger charge is -2.26. The normalized spacial score (nSPS) is 16.8. The molecule has 0 amide bonds. The summed E-state index contributed by atoms with van der Waals surface area (Å²) in [5.74, 6) is 0.626. The summed E-state index contributed by atoms with van der Waals surface area (Å²) in [5, 5.41) is 3.56. The minimum Gasteiger partial charge on any atom is -0.313 e. The maximum absolute atomic E-state index is 3.56. The molecule has 1 aromatic rings. The van der Waals surface area contributed by atoms with Crippen molar-refractivity contribution >= 4 is 0 Å². The lowest BCUT2D eigenvalue weighted by Crippen LogP contribution is -2.32. The summed E-state index contributed by atoms with van der Waals surface area (Å²) in [6.45, 7) is 10.5. The van der Waals surface area contributed by atoms with E-state index in [1.807, 2.05) is 0 Å². The fourth-order valence-electron chi connectivity index (χ4n) is 2.86. The van der Waals surface area contributed by atoms with Crippen molar-refractivity contribution < 1.29 is 0 Å². The minimum absolute atomic E-state index is 0.626. The van der Waals surface area contributed by atoms with Crippen molar-refractivity contribution in [1.82, 2.24) is 10.2 Å². The summed E-state index contributed by atoms with van der Waals surface area (Å²) in [6, 6.07) is 9.03. The monoisotopic (exact) mass is 274 g/mol. The largest absolute Gasteiger partial charge is 0.313 e. The van der Waals surface area contributed by atoms with E-state index < -0.39 is 0 Å². The third kappa shape index (κ3) is 5.26. The second-order valence-electron chi connectivity index (χ2n) is 6.33. The van der Waals surface area contributed by atoms with E-state index >= 15 is 0 Å². The number of nitrogens with one attached hydrogen (secondary N) is 1. The molecule has 2 heteroatoms. The smallest absolute Gasteiger partial charge is 0.0205 e. The number of rotatable bonds is 7. The highest BCUT2D eigenvalue weighted by Crippen LogP contribution is 2.14. The van der Waals surface area contributed by atoms with Crippen LogP contribution in [0.5, 0.6) is 0 Å². The second-order valence-corrected chi connectivity index (χ2v) is 6.33. The van der Waals surface area contributed by atoms with E-state index in [4.69, 9.17) is 0 Å². The van der Waals surface area contributed by atoms with Gasteiger partial charge in [-0.1, -0.05) is 44.5 Å². The van der Waals surface area contributed by atoms with Gasteiger partial charge in [0.05, 0.1) is 0 Å². The summed E-state index contributed by atoms with van der Waals surface area (Å²) >= 11 is 0. The molecule has 2 nitrogen and oxygen atoms in total. The van der Waals surface area contributed by atoms with Crippen LogP contribution in [0.25, 0.3) is 0 Å². The first-order valence-corrected chi connectivity index (χ1v) is 8.27. The Morgan fingerprint density at radius 2 is 1.75 bits per heavy atom. The van der Waals surface area contributed by atoms with Gasteiger partial charge < -0.3 is 10.2 Å². The van der Waals surface area contributed by atoms with Gasteiger partial charge in [0, 0.05) is 6.54 Å². The van der Waals surface area contributed by atoms with E-state index in [0.717, 1.165) is 13.1 Å². The molecule has 0 atom stereocenters. The summed E-state index contributed by atoms with van der Waals surface area (Å²) in [5.41, 5.74) is 2.83. The summed E-state index contributed by atoms with van der Waals surface area (Å²) in [7, 11) is 0. The van der Waals surface area contributed by atoms with Crippen LogP contribution in [0.15, 0.2) is 24.3 Å². The molecule has 0 aliphatic carbocycles. The zero-order valence-corrected chi connectivity index (χ0v) is 13.2. The van der Waals surface area contributed by atoms with E-state index in [2.05, 4.69) is 48.3 Å².